The average Bonchev–Trinajstić information content (AvgIpc) is 3.15. The molecule has 4 aromatic rings. The topological polar surface area (TPSA) is 59.8 Å². The third-order valence-electron chi connectivity index (χ3n) is 4.92. The Balaban J connectivity index is 1.41. The lowest BCUT2D eigenvalue weighted by Crippen LogP contribution is -2.25. The van der Waals surface area contributed by atoms with Crippen molar-refractivity contribution in [1.29, 1.82) is 0 Å². The number of hydrogen-bond acceptors (Lipinski definition) is 3. The van der Waals surface area contributed by atoms with Crippen molar-refractivity contribution in [2.24, 2.45) is 0 Å². The molecule has 150 valence electrons. The summed E-state index contributed by atoms with van der Waals surface area (Å²) in [6, 6.07) is 22.0. The summed E-state index contributed by atoms with van der Waals surface area (Å²) < 4.78 is 2.25. The summed E-state index contributed by atoms with van der Waals surface area (Å²) in [5.74, 6) is 0.937. The number of carbonyl (C=O) groups is 1. The summed E-state index contributed by atoms with van der Waals surface area (Å²) in [6.07, 6.45) is 9.14. The second-order valence-corrected chi connectivity index (χ2v) is 7.04. The highest BCUT2D eigenvalue weighted by Gasteiger charge is 2.10. The van der Waals surface area contributed by atoms with E-state index in [1.54, 1.807) is 24.5 Å². The van der Waals surface area contributed by atoms with Crippen molar-refractivity contribution < 1.29 is 4.79 Å². The van der Waals surface area contributed by atoms with Crippen LogP contribution in [0.3, 0.4) is 0 Å². The third-order valence-corrected chi connectivity index (χ3v) is 4.92. The molecule has 1 amide bonds. The molecule has 0 atom stereocenters. The standard InChI is InChI=1S/C25H24N4O/c30-25(21-12-6-16-26-19-21)27-17-7-15-24-28-22-13-4-5-14-23(22)29(24)18-8-11-20-9-2-1-3-10-20/h1-6,8-14,16,19H,7,15,17-18H2,(H,27,30)/b11-8+. The highest BCUT2D eigenvalue weighted by Crippen LogP contribution is 2.17. The van der Waals surface area contributed by atoms with Gasteiger partial charge in [-0.25, -0.2) is 4.98 Å². The predicted octanol–water partition coefficient (Wildman–Crippen LogP) is 4.51. The SMILES string of the molecule is O=C(NCCCc1nc2ccccc2n1C/C=C/c1ccccc1)c1cccnc1. The molecule has 2 aromatic heterocycles. The van der Waals surface area contributed by atoms with Crippen LogP contribution < -0.4 is 5.32 Å². The van der Waals surface area contributed by atoms with Crippen LogP contribution in [0.2, 0.25) is 0 Å². The lowest BCUT2D eigenvalue weighted by atomic mass is 10.2. The van der Waals surface area contributed by atoms with Gasteiger partial charge in [0.05, 0.1) is 16.6 Å². The molecule has 5 nitrogen and oxygen atoms in total. The molecule has 0 aliphatic carbocycles. The van der Waals surface area contributed by atoms with Gasteiger partial charge in [-0.1, -0.05) is 54.6 Å². The van der Waals surface area contributed by atoms with Gasteiger partial charge in [-0.3, -0.25) is 9.78 Å². The van der Waals surface area contributed by atoms with Gasteiger partial charge in [0.15, 0.2) is 0 Å². The molecule has 0 unspecified atom stereocenters. The molecular formula is C25H24N4O. The molecule has 30 heavy (non-hydrogen) atoms. The van der Waals surface area contributed by atoms with Gasteiger partial charge in [-0.15, -0.1) is 0 Å². The van der Waals surface area contributed by atoms with Gasteiger partial charge in [0.2, 0.25) is 0 Å². The summed E-state index contributed by atoms with van der Waals surface area (Å²) in [5, 5.41) is 2.96. The number of amides is 1. The van der Waals surface area contributed by atoms with Gasteiger partial charge in [-0.2, -0.15) is 0 Å². The fourth-order valence-corrected chi connectivity index (χ4v) is 3.43. The Morgan fingerprint density at radius 2 is 1.83 bits per heavy atom. The van der Waals surface area contributed by atoms with Crippen LogP contribution in [-0.2, 0) is 13.0 Å². The first kappa shape index (κ1) is 19.6. The second-order valence-electron chi connectivity index (χ2n) is 7.04. The van der Waals surface area contributed by atoms with Crippen LogP contribution in [0.1, 0.15) is 28.2 Å². The van der Waals surface area contributed by atoms with Crippen LogP contribution in [0.5, 0.6) is 0 Å². The number of para-hydroxylation sites is 2. The average molecular weight is 396 g/mol. The molecule has 4 rings (SSSR count). The summed E-state index contributed by atoms with van der Waals surface area (Å²) in [7, 11) is 0. The minimum atomic E-state index is -0.0950. The van der Waals surface area contributed by atoms with Crippen molar-refractivity contribution in [2.45, 2.75) is 19.4 Å². The molecule has 0 aliphatic heterocycles. The zero-order valence-electron chi connectivity index (χ0n) is 16.7. The largest absolute Gasteiger partial charge is 0.352 e. The number of hydrogen-bond donors (Lipinski definition) is 1. The van der Waals surface area contributed by atoms with E-state index >= 15 is 0 Å². The fourth-order valence-electron chi connectivity index (χ4n) is 3.43. The summed E-state index contributed by atoms with van der Waals surface area (Å²) in [4.78, 5) is 21.0. The van der Waals surface area contributed by atoms with E-state index in [4.69, 9.17) is 4.98 Å². The lowest BCUT2D eigenvalue weighted by molar-refractivity contribution is 0.0953. The molecule has 2 heterocycles. The third kappa shape index (κ3) is 4.81. The highest BCUT2D eigenvalue weighted by atomic mass is 16.1. The Labute approximate surface area is 176 Å². The summed E-state index contributed by atoms with van der Waals surface area (Å²) in [5.41, 5.74) is 3.89. The molecule has 0 spiro atoms. The lowest BCUT2D eigenvalue weighted by Gasteiger charge is -2.08. The van der Waals surface area contributed by atoms with Crippen molar-refractivity contribution in [3.8, 4) is 0 Å². The van der Waals surface area contributed by atoms with Crippen molar-refractivity contribution in [1.82, 2.24) is 19.9 Å². The first-order chi connectivity index (χ1) is 14.8. The Kier molecular flexibility index (Phi) is 6.30. The molecule has 0 radical (unpaired) electrons. The second kappa shape index (κ2) is 9.65. The molecule has 0 saturated heterocycles. The van der Waals surface area contributed by atoms with E-state index in [0.29, 0.717) is 12.1 Å². The monoisotopic (exact) mass is 396 g/mol. The Bertz CT molecular complexity index is 1130. The number of aryl methyl sites for hydroxylation is 1. The zero-order chi connectivity index (χ0) is 20.6. The van der Waals surface area contributed by atoms with E-state index in [2.05, 4.69) is 45.2 Å². The number of nitrogens with one attached hydrogen (secondary N) is 1. The fraction of sp³-hybridized carbons (Fsp3) is 0.160. The maximum absolute atomic E-state index is 12.2. The van der Waals surface area contributed by atoms with Gasteiger partial charge in [-0.05, 0) is 36.2 Å². The minimum absolute atomic E-state index is 0.0950. The number of fused-ring (bicyclic) bond motifs is 1. The summed E-state index contributed by atoms with van der Waals surface area (Å²) >= 11 is 0. The first-order valence-electron chi connectivity index (χ1n) is 10.2. The number of allylic oxidation sites excluding steroid dienone is 1. The Hall–Kier alpha value is -3.73. The van der Waals surface area contributed by atoms with Crippen LogP contribution in [0.15, 0.2) is 85.2 Å². The Morgan fingerprint density at radius 3 is 2.67 bits per heavy atom. The zero-order valence-corrected chi connectivity index (χ0v) is 16.7. The van der Waals surface area contributed by atoms with E-state index < -0.39 is 0 Å². The van der Waals surface area contributed by atoms with Crippen LogP contribution in [-0.4, -0.2) is 27.0 Å². The number of imidazole rings is 1. The molecular weight excluding hydrogens is 372 g/mol. The number of nitrogens with zero attached hydrogens (tertiary/aromatic N) is 3. The van der Waals surface area contributed by atoms with Crippen molar-refractivity contribution in [2.75, 3.05) is 6.54 Å². The number of benzene rings is 2. The van der Waals surface area contributed by atoms with E-state index in [9.17, 15) is 4.79 Å². The summed E-state index contributed by atoms with van der Waals surface area (Å²) in [6.45, 7) is 1.35. The van der Waals surface area contributed by atoms with E-state index in [1.807, 2.05) is 36.4 Å². The minimum Gasteiger partial charge on any atom is -0.352 e. The van der Waals surface area contributed by atoms with E-state index in [-0.39, 0.29) is 5.91 Å². The molecule has 5 heteroatoms. The molecule has 0 fully saturated rings. The van der Waals surface area contributed by atoms with Gasteiger partial charge in [0, 0.05) is 31.9 Å². The number of aromatic nitrogens is 3. The molecule has 2 aromatic carbocycles. The molecule has 0 bridgehead atoms. The van der Waals surface area contributed by atoms with Gasteiger partial charge in [0.1, 0.15) is 5.82 Å². The van der Waals surface area contributed by atoms with Crippen molar-refractivity contribution in [3.05, 3.63) is 102 Å². The normalized spacial score (nSPS) is 11.2. The smallest absolute Gasteiger partial charge is 0.252 e. The van der Waals surface area contributed by atoms with E-state index in [0.717, 1.165) is 36.2 Å². The van der Waals surface area contributed by atoms with Crippen LogP contribution >= 0.6 is 0 Å². The number of pyridine rings is 1. The quantitative estimate of drug-likeness (QED) is 0.446. The maximum atomic E-state index is 12.2. The number of rotatable bonds is 8. The van der Waals surface area contributed by atoms with E-state index in [1.165, 1.54) is 5.56 Å². The maximum Gasteiger partial charge on any atom is 0.252 e. The molecule has 0 aliphatic rings. The van der Waals surface area contributed by atoms with Gasteiger partial charge in [0.25, 0.3) is 5.91 Å². The van der Waals surface area contributed by atoms with Crippen LogP contribution in [0, 0.1) is 0 Å². The van der Waals surface area contributed by atoms with Gasteiger partial charge < -0.3 is 9.88 Å². The number of carbonyl (C=O) groups excluding carboxylic acids is 1. The van der Waals surface area contributed by atoms with Gasteiger partial charge >= 0.3 is 0 Å². The predicted molar refractivity (Wildman–Crippen MR) is 120 cm³/mol. The highest BCUT2D eigenvalue weighted by molar-refractivity contribution is 5.93. The molecule has 0 saturated carbocycles. The van der Waals surface area contributed by atoms with Crippen LogP contribution in [0.25, 0.3) is 17.1 Å². The van der Waals surface area contributed by atoms with Crippen molar-refractivity contribution in [3.63, 3.8) is 0 Å². The first-order valence-corrected chi connectivity index (χ1v) is 10.2. The molecule has 1 N–H and O–H groups in total. The van der Waals surface area contributed by atoms with Crippen LogP contribution in [0.4, 0.5) is 0 Å². The Morgan fingerprint density at radius 1 is 1.00 bits per heavy atom. The van der Waals surface area contributed by atoms with Crippen molar-refractivity contribution >= 4 is 23.0 Å².